The van der Waals surface area contributed by atoms with Crippen molar-refractivity contribution in [2.75, 3.05) is 0 Å². The zero-order valence-electron chi connectivity index (χ0n) is 16.0. The minimum atomic E-state index is -2.96. The zero-order chi connectivity index (χ0) is 19.4. The minimum Gasteiger partial charge on any atom is -0.434 e. The number of halogens is 3. The topological polar surface area (TPSA) is 9.23 Å². The molecule has 0 aromatic heterocycles. The standard InChI is InChI=1S/C23H27F3O/c1-3-5-15-7-9-16(10-8-15)17-11-12-19-18(13-17)14-21(27-23(25)26)20(6-4-2)22(19)24/h3,5,11-16,23H,4,6-10H2,1-2H3/b5-3+. The molecule has 0 amide bonds. The van der Waals surface area contributed by atoms with E-state index >= 15 is 0 Å². The molecule has 0 atom stereocenters. The van der Waals surface area contributed by atoms with Gasteiger partial charge in [0.2, 0.25) is 0 Å². The van der Waals surface area contributed by atoms with Crippen LogP contribution in [-0.4, -0.2) is 6.61 Å². The summed E-state index contributed by atoms with van der Waals surface area (Å²) < 4.78 is 45.2. The van der Waals surface area contributed by atoms with E-state index in [1.54, 1.807) is 12.1 Å². The minimum absolute atomic E-state index is 0.0363. The number of allylic oxidation sites excluding steroid dienone is 2. The third kappa shape index (κ3) is 4.48. The molecule has 1 fully saturated rings. The van der Waals surface area contributed by atoms with Gasteiger partial charge in [-0.2, -0.15) is 8.78 Å². The molecule has 1 aliphatic carbocycles. The summed E-state index contributed by atoms with van der Waals surface area (Å²) in [6.45, 7) is 0.987. The number of benzene rings is 2. The van der Waals surface area contributed by atoms with Gasteiger partial charge in [-0.3, -0.25) is 0 Å². The fourth-order valence-corrected chi connectivity index (χ4v) is 4.25. The van der Waals surface area contributed by atoms with Crippen LogP contribution in [0.25, 0.3) is 10.8 Å². The van der Waals surface area contributed by atoms with Gasteiger partial charge < -0.3 is 4.74 Å². The lowest BCUT2D eigenvalue weighted by atomic mass is 9.78. The smallest absolute Gasteiger partial charge is 0.387 e. The van der Waals surface area contributed by atoms with E-state index in [1.165, 1.54) is 0 Å². The second-order valence-electron chi connectivity index (χ2n) is 7.41. The molecule has 0 saturated heterocycles. The summed E-state index contributed by atoms with van der Waals surface area (Å²) in [5, 5.41) is 1.11. The maximum Gasteiger partial charge on any atom is 0.387 e. The monoisotopic (exact) mass is 376 g/mol. The van der Waals surface area contributed by atoms with Gasteiger partial charge in [0.05, 0.1) is 0 Å². The van der Waals surface area contributed by atoms with E-state index < -0.39 is 12.4 Å². The van der Waals surface area contributed by atoms with Crippen molar-refractivity contribution in [2.45, 2.75) is 64.9 Å². The Kier molecular flexibility index (Phi) is 6.46. The average Bonchev–Trinajstić information content (AvgIpc) is 2.65. The van der Waals surface area contributed by atoms with Gasteiger partial charge in [-0.25, -0.2) is 4.39 Å². The molecule has 0 heterocycles. The molecule has 4 heteroatoms. The van der Waals surface area contributed by atoms with Crippen LogP contribution in [0.15, 0.2) is 36.4 Å². The van der Waals surface area contributed by atoms with Gasteiger partial charge in [0.1, 0.15) is 11.6 Å². The van der Waals surface area contributed by atoms with E-state index in [1.807, 2.05) is 19.1 Å². The molecule has 0 bridgehead atoms. The lowest BCUT2D eigenvalue weighted by Gasteiger charge is -2.27. The normalized spacial score (nSPS) is 20.7. The highest BCUT2D eigenvalue weighted by atomic mass is 19.3. The lowest BCUT2D eigenvalue weighted by molar-refractivity contribution is -0.0505. The summed E-state index contributed by atoms with van der Waals surface area (Å²) in [6.07, 6.45) is 9.91. The molecule has 1 nitrogen and oxygen atoms in total. The quantitative estimate of drug-likeness (QED) is 0.478. The van der Waals surface area contributed by atoms with E-state index in [0.29, 0.717) is 35.4 Å². The Labute approximate surface area is 159 Å². The van der Waals surface area contributed by atoms with Gasteiger partial charge in [-0.15, -0.1) is 0 Å². The Balaban J connectivity index is 1.93. The fourth-order valence-electron chi connectivity index (χ4n) is 4.25. The van der Waals surface area contributed by atoms with E-state index in [0.717, 1.165) is 31.2 Å². The van der Waals surface area contributed by atoms with E-state index in [-0.39, 0.29) is 11.3 Å². The molecule has 0 radical (unpaired) electrons. The maximum absolute atomic E-state index is 14.9. The second-order valence-corrected chi connectivity index (χ2v) is 7.41. The van der Waals surface area contributed by atoms with E-state index in [2.05, 4.69) is 23.8 Å². The molecule has 0 N–H and O–H groups in total. The van der Waals surface area contributed by atoms with Crippen LogP contribution in [0.4, 0.5) is 13.2 Å². The van der Waals surface area contributed by atoms with Gasteiger partial charge in [0, 0.05) is 10.9 Å². The van der Waals surface area contributed by atoms with E-state index in [4.69, 9.17) is 0 Å². The number of ether oxygens (including phenoxy) is 1. The predicted molar refractivity (Wildman–Crippen MR) is 104 cm³/mol. The summed E-state index contributed by atoms with van der Waals surface area (Å²) in [6, 6.07) is 7.32. The number of rotatable bonds is 6. The first kappa shape index (κ1) is 19.8. The first-order chi connectivity index (χ1) is 13.0. The zero-order valence-corrected chi connectivity index (χ0v) is 16.0. The first-order valence-electron chi connectivity index (χ1n) is 9.86. The van der Waals surface area contributed by atoms with Crippen LogP contribution in [0.2, 0.25) is 0 Å². The van der Waals surface area contributed by atoms with Gasteiger partial charge in [0.15, 0.2) is 0 Å². The van der Waals surface area contributed by atoms with Gasteiger partial charge in [0.25, 0.3) is 0 Å². The van der Waals surface area contributed by atoms with Crippen LogP contribution in [0.1, 0.15) is 63.0 Å². The highest BCUT2D eigenvalue weighted by Crippen LogP contribution is 2.39. The van der Waals surface area contributed by atoms with Crippen LogP contribution in [0.3, 0.4) is 0 Å². The number of hydrogen-bond acceptors (Lipinski definition) is 1. The summed E-state index contributed by atoms with van der Waals surface area (Å²) in [5.74, 6) is 0.611. The molecule has 2 aromatic rings. The summed E-state index contributed by atoms with van der Waals surface area (Å²) in [5.41, 5.74) is 1.40. The largest absolute Gasteiger partial charge is 0.434 e. The van der Waals surface area contributed by atoms with Crippen molar-refractivity contribution < 1.29 is 17.9 Å². The third-order valence-corrected chi connectivity index (χ3v) is 5.58. The number of hydrogen-bond donors (Lipinski definition) is 0. The maximum atomic E-state index is 14.9. The number of alkyl halides is 2. The first-order valence-corrected chi connectivity index (χ1v) is 9.86. The molecule has 0 unspecified atom stereocenters. The highest BCUT2D eigenvalue weighted by Gasteiger charge is 2.22. The molecular formula is C23H27F3O. The van der Waals surface area contributed by atoms with Crippen molar-refractivity contribution >= 4 is 10.8 Å². The van der Waals surface area contributed by atoms with Crippen LogP contribution in [0.5, 0.6) is 5.75 Å². The molecule has 0 spiro atoms. The summed E-state index contributed by atoms with van der Waals surface area (Å²) in [4.78, 5) is 0. The molecular weight excluding hydrogens is 349 g/mol. The molecule has 2 aromatic carbocycles. The van der Waals surface area contributed by atoms with Gasteiger partial charge in [-0.1, -0.05) is 43.7 Å². The van der Waals surface area contributed by atoms with Crippen molar-refractivity contribution in [3.8, 4) is 5.75 Å². The molecule has 3 rings (SSSR count). The lowest BCUT2D eigenvalue weighted by Crippen LogP contribution is -2.11. The molecule has 1 saturated carbocycles. The van der Waals surface area contributed by atoms with Crippen molar-refractivity contribution in [1.29, 1.82) is 0 Å². The second kappa shape index (κ2) is 8.81. The molecule has 1 aliphatic rings. The van der Waals surface area contributed by atoms with Crippen LogP contribution >= 0.6 is 0 Å². The van der Waals surface area contributed by atoms with Crippen molar-refractivity contribution in [3.05, 3.63) is 53.4 Å². The summed E-state index contributed by atoms with van der Waals surface area (Å²) in [7, 11) is 0. The fraction of sp³-hybridized carbons (Fsp3) is 0.478. The Bertz CT molecular complexity index is 805. The van der Waals surface area contributed by atoms with Crippen molar-refractivity contribution in [2.24, 2.45) is 5.92 Å². The molecule has 27 heavy (non-hydrogen) atoms. The highest BCUT2D eigenvalue weighted by molar-refractivity contribution is 5.86. The number of fused-ring (bicyclic) bond motifs is 1. The molecule has 146 valence electrons. The van der Waals surface area contributed by atoms with Crippen LogP contribution < -0.4 is 4.74 Å². The summed E-state index contributed by atoms with van der Waals surface area (Å²) >= 11 is 0. The predicted octanol–water partition coefficient (Wildman–Crippen LogP) is 7.38. The van der Waals surface area contributed by atoms with Crippen molar-refractivity contribution in [1.82, 2.24) is 0 Å². The Morgan fingerprint density at radius 2 is 1.89 bits per heavy atom. The average molecular weight is 376 g/mol. The Hall–Kier alpha value is -1.97. The van der Waals surface area contributed by atoms with Crippen LogP contribution in [-0.2, 0) is 6.42 Å². The van der Waals surface area contributed by atoms with Gasteiger partial charge >= 0.3 is 6.61 Å². The Morgan fingerprint density at radius 1 is 1.15 bits per heavy atom. The Morgan fingerprint density at radius 3 is 2.52 bits per heavy atom. The third-order valence-electron chi connectivity index (χ3n) is 5.58. The molecule has 0 aliphatic heterocycles. The van der Waals surface area contributed by atoms with Crippen LogP contribution in [0, 0.1) is 11.7 Å². The van der Waals surface area contributed by atoms with Crippen molar-refractivity contribution in [3.63, 3.8) is 0 Å². The SMILES string of the molecule is C/C=C/C1CCC(c2ccc3c(F)c(CCC)c(OC(F)F)cc3c2)CC1. The van der Waals surface area contributed by atoms with E-state index in [9.17, 15) is 13.2 Å². The van der Waals surface area contributed by atoms with Gasteiger partial charge in [-0.05, 0) is 67.9 Å².